The molecule has 0 heterocycles. The molecule has 1 saturated carbocycles. The van der Waals surface area contributed by atoms with Crippen molar-refractivity contribution in [2.75, 3.05) is 5.73 Å². The van der Waals surface area contributed by atoms with E-state index in [4.69, 9.17) is 10.5 Å². The third-order valence-corrected chi connectivity index (χ3v) is 3.24. The molecule has 3 heteroatoms. The lowest BCUT2D eigenvalue weighted by Gasteiger charge is -2.21. The van der Waals surface area contributed by atoms with Crippen molar-refractivity contribution < 1.29 is 9.53 Å². The zero-order valence-electron chi connectivity index (χ0n) is 10.0. The van der Waals surface area contributed by atoms with Crippen molar-refractivity contribution in [3.8, 4) is 0 Å². The molecule has 0 bridgehead atoms. The van der Waals surface area contributed by atoms with Gasteiger partial charge in [-0.2, -0.15) is 0 Å². The van der Waals surface area contributed by atoms with Gasteiger partial charge >= 0.3 is 5.97 Å². The number of benzene rings is 1. The molecule has 1 aromatic carbocycles. The van der Waals surface area contributed by atoms with Crippen LogP contribution in [0.3, 0.4) is 0 Å². The smallest absolute Gasteiger partial charge is 0.310 e. The summed E-state index contributed by atoms with van der Waals surface area (Å²) in [6, 6.07) is 7.44. The summed E-state index contributed by atoms with van der Waals surface area (Å²) >= 11 is 0. The molecule has 0 radical (unpaired) electrons. The Morgan fingerprint density at radius 1 is 1.24 bits per heavy atom. The molecule has 17 heavy (non-hydrogen) atoms. The molecule has 0 amide bonds. The van der Waals surface area contributed by atoms with E-state index in [1.807, 2.05) is 24.3 Å². The average molecular weight is 233 g/mol. The van der Waals surface area contributed by atoms with Crippen molar-refractivity contribution >= 4 is 11.7 Å². The number of ether oxygens (including phenoxy) is 1. The van der Waals surface area contributed by atoms with Crippen molar-refractivity contribution in [3.05, 3.63) is 29.8 Å². The molecular weight excluding hydrogens is 214 g/mol. The van der Waals surface area contributed by atoms with Crippen molar-refractivity contribution in [2.24, 2.45) is 0 Å². The number of rotatable bonds is 3. The SMILES string of the molecule is Nc1ccccc1CC(=O)OC1CCCCC1. The van der Waals surface area contributed by atoms with Crippen molar-refractivity contribution in [2.45, 2.75) is 44.6 Å². The number of carbonyl (C=O) groups excluding carboxylic acids is 1. The van der Waals surface area contributed by atoms with Crippen LogP contribution in [0.4, 0.5) is 5.69 Å². The highest BCUT2D eigenvalue weighted by molar-refractivity contribution is 5.75. The summed E-state index contributed by atoms with van der Waals surface area (Å²) in [6.07, 6.45) is 6.03. The molecule has 0 saturated heterocycles. The molecule has 2 N–H and O–H groups in total. The first-order valence-corrected chi connectivity index (χ1v) is 6.28. The Labute approximate surface area is 102 Å². The minimum atomic E-state index is -0.158. The van der Waals surface area contributed by atoms with Crippen LogP contribution in [0.2, 0.25) is 0 Å². The Balaban J connectivity index is 1.86. The van der Waals surface area contributed by atoms with E-state index in [1.165, 1.54) is 19.3 Å². The lowest BCUT2D eigenvalue weighted by Crippen LogP contribution is -2.22. The summed E-state index contributed by atoms with van der Waals surface area (Å²) in [6.45, 7) is 0. The van der Waals surface area contributed by atoms with Gasteiger partial charge < -0.3 is 10.5 Å². The van der Waals surface area contributed by atoms with Crippen LogP contribution in [-0.2, 0) is 16.0 Å². The average Bonchev–Trinajstić information content (AvgIpc) is 2.33. The van der Waals surface area contributed by atoms with Gasteiger partial charge in [0.15, 0.2) is 0 Å². The third kappa shape index (κ3) is 3.48. The molecule has 1 aliphatic rings. The molecule has 1 fully saturated rings. The van der Waals surface area contributed by atoms with E-state index in [1.54, 1.807) is 0 Å². The highest BCUT2D eigenvalue weighted by atomic mass is 16.5. The predicted molar refractivity (Wildman–Crippen MR) is 67.5 cm³/mol. The van der Waals surface area contributed by atoms with Crippen LogP contribution < -0.4 is 5.73 Å². The number of anilines is 1. The number of para-hydroxylation sites is 1. The van der Waals surface area contributed by atoms with E-state index in [9.17, 15) is 4.79 Å². The first kappa shape index (κ1) is 12.0. The normalized spacial score (nSPS) is 16.7. The Bertz CT molecular complexity index is 384. The van der Waals surface area contributed by atoms with E-state index in [-0.39, 0.29) is 18.5 Å². The monoisotopic (exact) mass is 233 g/mol. The molecule has 92 valence electrons. The van der Waals surface area contributed by atoms with Crippen LogP contribution >= 0.6 is 0 Å². The second-order valence-corrected chi connectivity index (χ2v) is 4.63. The third-order valence-electron chi connectivity index (χ3n) is 3.24. The summed E-state index contributed by atoms with van der Waals surface area (Å²) in [7, 11) is 0. The van der Waals surface area contributed by atoms with Gasteiger partial charge in [0.2, 0.25) is 0 Å². The first-order chi connectivity index (χ1) is 8.25. The molecule has 3 nitrogen and oxygen atoms in total. The number of nitrogen functional groups attached to an aromatic ring is 1. The fraction of sp³-hybridized carbons (Fsp3) is 0.500. The lowest BCUT2D eigenvalue weighted by atomic mass is 9.98. The molecule has 1 aromatic rings. The number of nitrogens with two attached hydrogens (primary N) is 1. The van der Waals surface area contributed by atoms with Crippen molar-refractivity contribution in [1.29, 1.82) is 0 Å². The predicted octanol–water partition coefficient (Wildman–Crippen LogP) is 2.69. The fourth-order valence-electron chi connectivity index (χ4n) is 2.26. The summed E-state index contributed by atoms with van der Waals surface area (Å²) in [5.74, 6) is -0.158. The van der Waals surface area contributed by atoms with E-state index >= 15 is 0 Å². The second kappa shape index (κ2) is 5.71. The Hall–Kier alpha value is -1.51. The van der Waals surface area contributed by atoms with Gasteiger partial charge in [0.1, 0.15) is 6.10 Å². The summed E-state index contributed by atoms with van der Waals surface area (Å²) in [5.41, 5.74) is 7.31. The van der Waals surface area contributed by atoms with Crippen molar-refractivity contribution in [1.82, 2.24) is 0 Å². The molecular formula is C14H19NO2. The van der Waals surface area contributed by atoms with Crippen LogP contribution in [0, 0.1) is 0 Å². The largest absolute Gasteiger partial charge is 0.462 e. The topological polar surface area (TPSA) is 52.3 Å². The standard InChI is InChI=1S/C14H19NO2/c15-13-9-5-4-6-11(13)10-14(16)17-12-7-2-1-3-8-12/h4-6,9,12H,1-3,7-8,10,15H2. The Kier molecular flexibility index (Phi) is 4.02. The Morgan fingerprint density at radius 2 is 1.94 bits per heavy atom. The van der Waals surface area contributed by atoms with Gasteiger partial charge in [0.25, 0.3) is 0 Å². The summed E-state index contributed by atoms with van der Waals surface area (Å²) in [5, 5.41) is 0. The fourth-order valence-corrected chi connectivity index (χ4v) is 2.26. The molecule has 0 aromatic heterocycles. The maximum Gasteiger partial charge on any atom is 0.310 e. The van der Waals surface area contributed by atoms with Crippen LogP contribution in [0.15, 0.2) is 24.3 Å². The van der Waals surface area contributed by atoms with Crippen LogP contribution in [0.25, 0.3) is 0 Å². The van der Waals surface area contributed by atoms with Gasteiger partial charge in [-0.25, -0.2) is 0 Å². The lowest BCUT2D eigenvalue weighted by molar-refractivity contribution is -0.149. The van der Waals surface area contributed by atoms with E-state index in [0.717, 1.165) is 18.4 Å². The van der Waals surface area contributed by atoms with Crippen LogP contribution in [0.1, 0.15) is 37.7 Å². The zero-order chi connectivity index (χ0) is 12.1. The van der Waals surface area contributed by atoms with Crippen LogP contribution in [-0.4, -0.2) is 12.1 Å². The quantitative estimate of drug-likeness (QED) is 0.645. The maximum absolute atomic E-state index is 11.8. The van der Waals surface area contributed by atoms with Gasteiger partial charge in [0.05, 0.1) is 6.42 Å². The minimum absolute atomic E-state index is 0.126. The van der Waals surface area contributed by atoms with E-state index < -0.39 is 0 Å². The van der Waals surface area contributed by atoms with E-state index in [0.29, 0.717) is 5.69 Å². The molecule has 0 spiro atoms. The number of hydrogen-bond acceptors (Lipinski definition) is 3. The van der Waals surface area contributed by atoms with E-state index in [2.05, 4.69) is 0 Å². The molecule has 0 unspecified atom stereocenters. The summed E-state index contributed by atoms with van der Waals surface area (Å²) in [4.78, 5) is 11.8. The van der Waals surface area contributed by atoms with Gasteiger partial charge in [-0.3, -0.25) is 4.79 Å². The first-order valence-electron chi connectivity index (χ1n) is 6.28. The zero-order valence-corrected chi connectivity index (χ0v) is 10.0. The molecule has 2 rings (SSSR count). The highest BCUT2D eigenvalue weighted by Gasteiger charge is 2.18. The molecule has 0 aliphatic heterocycles. The highest BCUT2D eigenvalue weighted by Crippen LogP contribution is 2.21. The molecule has 1 aliphatic carbocycles. The van der Waals surface area contributed by atoms with Gasteiger partial charge in [0, 0.05) is 5.69 Å². The maximum atomic E-state index is 11.8. The molecule has 0 atom stereocenters. The minimum Gasteiger partial charge on any atom is -0.462 e. The number of hydrogen-bond donors (Lipinski definition) is 1. The van der Waals surface area contributed by atoms with Gasteiger partial charge in [-0.05, 0) is 37.3 Å². The van der Waals surface area contributed by atoms with Crippen LogP contribution in [0.5, 0.6) is 0 Å². The van der Waals surface area contributed by atoms with Gasteiger partial charge in [-0.1, -0.05) is 24.6 Å². The Morgan fingerprint density at radius 3 is 2.65 bits per heavy atom. The van der Waals surface area contributed by atoms with Gasteiger partial charge in [-0.15, -0.1) is 0 Å². The second-order valence-electron chi connectivity index (χ2n) is 4.63. The van der Waals surface area contributed by atoms with Crippen molar-refractivity contribution in [3.63, 3.8) is 0 Å². The number of esters is 1. The number of carbonyl (C=O) groups is 1. The summed E-state index contributed by atoms with van der Waals surface area (Å²) < 4.78 is 5.46.